The Balaban J connectivity index is 1.56. The highest BCUT2D eigenvalue weighted by molar-refractivity contribution is 7.90. The molecular formula is C19H19N3O5S. The molecule has 0 fully saturated rings. The van der Waals surface area contributed by atoms with Gasteiger partial charge < -0.3 is 9.15 Å². The lowest BCUT2D eigenvalue weighted by molar-refractivity contribution is -0.115. The number of anilines is 1. The van der Waals surface area contributed by atoms with Crippen molar-refractivity contribution in [2.75, 3.05) is 18.2 Å². The van der Waals surface area contributed by atoms with Crippen LogP contribution in [0.15, 0.2) is 59.0 Å². The maximum absolute atomic E-state index is 12.2. The number of sulfone groups is 1. The van der Waals surface area contributed by atoms with Crippen LogP contribution in [0.25, 0.3) is 11.5 Å². The molecule has 1 N–H and O–H groups in total. The molecule has 8 nitrogen and oxygen atoms in total. The van der Waals surface area contributed by atoms with E-state index in [2.05, 4.69) is 15.5 Å². The van der Waals surface area contributed by atoms with Crippen molar-refractivity contribution >= 4 is 21.8 Å². The number of methoxy groups -OCH3 is 1. The van der Waals surface area contributed by atoms with E-state index >= 15 is 0 Å². The fourth-order valence-electron chi connectivity index (χ4n) is 2.48. The standard InChI is InChI=1S/C19H19N3O5S/c1-26-16-9-5-8-15(12-16)18-21-22-19(27-18)20-17(23)10-11-28(24,25)13-14-6-3-2-4-7-14/h2-9,12H,10-11,13H2,1H3,(H,20,22,23). The molecule has 0 bridgehead atoms. The van der Waals surface area contributed by atoms with Gasteiger partial charge in [-0.2, -0.15) is 0 Å². The topological polar surface area (TPSA) is 111 Å². The highest BCUT2D eigenvalue weighted by atomic mass is 32.2. The molecule has 0 atom stereocenters. The molecule has 3 aromatic rings. The van der Waals surface area contributed by atoms with E-state index in [0.29, 0.717) is 16.9 Å². The second-order valence-corrected chi connectivity index (χ2v) is 8.20. The number of carbonyl (C=O) groups excluding carboxylic acids is 1. The van der Waals surface area contributed by atoms with Gasteiger partial charge in [-0.05, 0) is 23.8 Å². The summed E-state index contributed by atoms with van der Waals surface area (Å²) < 4.78 is 34.9. The summed E-state index contributed by atoms with van der Waals surface area (Å²) in [4.78, 5) is 12.0. The maximum atomic E-state index is 12.2. The van der Waals surface area contributed by atoms with Gasteiger partial charge in [-0.1, -0.05) is 41.5 Å². The summed E-state index contributed by atoms with van der Waals surface area (Å²) in [6, 6.07) is 15.8. The molecule has 0 spiro atoms. The van der Waals surface area contributed by atoms with E-state index in [1.54, 1.807) is 55.6 Å². The van der Waals surface area contributed by atoms with Crippen LogP contribution in [-0.2, 0) is 20.4 Å². The van der Waals surface area contributed by atoms with Gasteiger partial charge in [0.05, 0.1) is 18.6 Å². The molecule has 3 rings (SSSR count). The van der Waals surface area contributed by atoms with Crippen LogP contribution in [0.5, 0.6) is 5.75 Å². The predicted octanol–water partition coefficient (Wildman–Crippen LogP) is 2.69. The van der Waals surface area contributed by atoms with Crippen LogP contribution in [0.4, 0.5) is 6.01 Å². The monoisotopic (exact) mass is 401 g/mol. The Labute approximate surface area is 162 Å². The first kappa shape index (κ1) is 19.6. The second kappa shape index (κ2) is 8.66. The number of ether oxygens (including phenoxy) is 1. The molecule has 0 aliphatic rings. The van der Waals surface area contributed by atoms with Crippen molar-refractivity contribution in [2.45, 2.75) is 12.2 Å². The summed E-state index contributed by atoms with van der Waals surface area (Å²) in [5.41, 5.74) is 1.32. The number of benzene rings is 2. The zero-order valence-corrected chi connectivity index (χ0v) is 16.0. The SMILES string of the molecule is COc1cccc(-c2nnc(NC(=O)CCS(=O)(=O)Cc3ccccc3)o2)c1. The van der Waals surface area contributed by atoms with Crippen LogP contribution >= 0.6 is 0 Å². The zero-order chi connectivity index (χ0) is 20.0. The third-order valence-corrected chi connectivity index (χ3v) is 5.46. The van der Waals surface area contributed by atoms with Gasteiger partial charge in [-0.25, -0.2) is 8.42 Å². The van der Waals surface area contributed by atoms with Crippen LogP contribution in [0, 0.1) is 0 Å². The van der Waals surface area contributed by atoms with Crippen molar-refractivity contribution in [1.82, 2.24) is 10.2 Å². The van der Waals surface area contributed by atoms with Crippen molar-refractivity contribution < 1.29 is 22.4 Å². The van der Waals surface area contributed by atoms with Crippen molar-refractivity contribution in [3.8, 4) is 17.2 Å². The smallest absolute Gasteiger partial charge is 0.322 e. The van der Waals surface area contributed by atoms with Crippen LogP contribution in [-0.4, -0.2) is 37.4 Å². The molecule has 0 saturated heterocycles. The van der Waals surface area contributed by atoms with Gasteiger partial charge in [0.1, 0.15) is 5.75 Å². The van der Waals surface area contributed by atoms with Crippen molar-refractivity contribution in [2.24, 2.45) is 0 Å². The summed E-state index contributed by atoms with van der Waals surface area (Å²) >= 11 is 0. The summed E-state index contributed by atoms with van der Waals surface area (Å²) in [6.07, 6.45) is -0.202. The maximum Gasteiger partial charge on any atom is 0.322 e. The Bertz CT molecular complexity index is 1050. The summed E-state index contributed by atoms with van der Waals surface area (Å²) in [5, 5.41) is 10.1. The van der Waals surface area contributed by atoms with E-state index in [-0.39, 0.29) is 29.8 Å². The minimum atomic E-state index is -3.41. The third-order valence-electron chi connectivity index (χ3n) is 3.86. The number of hydrogen-bond acceptors (Lipinski definition) is 7. The van der Waals surface area contributed by atoms with Crippen molar-refractivity contribution in [3.63, 3.8) is 0 Å². The van der Waals surface area contributed by atoms with Crippen LogP contribution < -0.4 is 10.1 Å². The first-order valence-corrected chi connectivity index (χ1v) is 10.3. The number of carbonyl (C=O) groups is 1. The molecule has 0 radical (unpaired) electrons. The van der Waals surface area contributed by atoms with Gasteiger partial charge >= 0.3 is 6.01 Å². The van der Waals surface area contributed by atoms with E-state index < -0.39 is 15.7 Å². The largest absolute Gasteiger partial charge is 0.497 e. The lowest BCUT2D eigenvalue weighted by Crippen LogP contribution is -2.18. The molecule has 146 valence electrons. The Hall–Kier alpha value is -3.20. The summed E-state index contributed by atoms with van der Waals surface area (Å²) in [7, 11) is -1.86. The molecule has 0 aliphatic carbocycles. The minimum absolute atomic E-state index is 0.0942. The Morgan fingerprint density at radius 2 is 1.89 bits per heavy atom. The van der Waals surface area contributed by atoms with Crippen molar-refractivity contribution in [1.29, 1.82) is 0 Å². The number of aromatic nitrogens is 2. The molecule has 1 amide bonds. The van der Waals surface area contributed by atoms with Crippen LogP contribution in [0.2, 0.25) is 0 Å². The van der Waals surface area contributed by atoms with E-state index in [9.17, 15) is 13.2 Å². The second-order valence-electron chi connectivity index (χ2n) is 6.02. The van der Waals surface area contributed by atoms with E-state index in [1.807, 2.05) is 6.07 Å². The van der Waals surface area contributed by atoms with Gasteiger partial charge in [0.15, 0.2) is 9.84 Å². The predicted molar refractivity (Wildman–Crippen MR) is 103 cm³/mol. The lowest BCUT2D eigenvalue weighted by Gasteiger charge is -2.04. The minimum Gasteiger partial charge on any atom is -0.497 e. The average molecular weight is 401 g/mol. The first-order chi connectivity index (χ1) is 13.4. The molecule has 1 aromatic heterocycles. The molecule has 28 heavy (non-hydrogen) atoms. The fourth-order valence-corrected chi connectivity index (χ4v) is 3.82. The van der Waals surface area contributed by atoms with Gasteiger partial charge in [0.2, 0.25) is 11.8 Å². The first-order valence-electron chi connectivity index (χ1n) is 8.47. The van der Waals surface area contributed by atoms with Gasteiger partial charge in [0, 0.05) is 12.0 Å². The Morgan fingerprint density at radius 3 is 2.64 bits per heavy atom. The highest BCUT2D eigenvalue weighted by Crippen LogP contribution is 2.23. The number of nitrogens with zero attached hydrogens (tertiary/aromatic N) is 2. The van der Waals surface area contributed by atoms with E-state index in [1.165, 1.54) is 0 Å². The quantitative estimate of drug-likeness (QED) is 0.618. The lowest BCUT2D eigenvalue weighted by atomic mass is 10.2. The normalized spacial score (nSPS) is 11.2. The molecule has 0 aliphatic heterocycles. The van der Waals surface area contributed by atoms with Gasteiger partial charge in [0.25, 0.3) is 0 Å². The third kappa shape index (κ3) is 5.40. The van der Waals surface area contributed by atoms with Gasteiger partial charge in [-0.3, -0.25) is 10.1 Å². The molecule has 0 unspecified atom stereocenters. The summed E-state index contributed by atoms with van der Waals surface area (Å²) in [6.45, 7) is 0. The number of hydrogen-bond donors (Lipinski definition) is 1. The van der Waals surface area contributed by atoms with Crippen LogP contribution in [0.1, 0.15) is 12.0 Å². The Morgan fingerprint density at radius 1 is 1.11 bits per heavy atom. The number of nitrogens with one attached hydrogen (secondary N) is 1. The molecule has 2 aromatic carbocycles. The number of amides is 1. The fraction of sp³-hybridized carbons (Fsp3) is 0.211. The summed E-state index contributed by atoms with van der Waals surface area (Å²) in [5.74, 6) is -0.0555. The highest BCUT2D eigenvalue weighted by Gasteiger charge is 2.17. The molecule has 9 heteroatoms. The Kier molecular flexibility index (Phi) is 6.05. The van der Waals surface area contributed by atoms with Crippen LogP contribution in [0.3, 0.4) is 0 Å². The molecule has 1 heterocycles. The number of rotatable bonds is 8. The van der Waals surface area contributed by atoms with Gasteiger partial charge in [-0.15, -0.1) is 5.10 Å². The van der Waals surface area contributed by atoms with E-state index in [4.69, 9.17) is 9.15 Å². The molecular weight excluding hydrogens is 382 g/mol. The molecule has 0 saturated carbocycles. The average Bonchev–Trinajstić information content (AvgIpc) is 3.15. The zero-order valence-electron chi connectivity index (χ0n) is 15.2. The van der Waals surface area contributed by atoms with Crippen molar-refractivity contribution in [3.05, 3.63) is 60.2 Å². The van der Waals surface area contributed by atoms with E-state index in [0.717, 1.165) is 0 Å².